The fourth-order valence-corrected chi connectivity index (χ4v) is 5.89. The lowest BCUT2D eigenvalue weighted by atomic mass is 10.1. The summed E-state index contributed by atoms with van der Waals surface area (Å²) in [5.41, 5.74) is -2.48. The number of ether oxygens (including phenoxy) is 2. The Labute approximate surface area is 389 Å². The molecule has 6 aromatic rings. The second-order valence-corrected chi connectivity index (χ2v) is 13.7. The van der Waals surface area contributed by atoms with Crippen molar-refractivity contribution < 1.29 is 48.9 Å². The lowest BCUT2D eigenvalue weighted by Gasteiger charge is -2.12. The Hall–Kier alpha value is -10.4. The van der Waals surface area contributed by atoms with E-state index < -0.39 is 62.1 Å². The van der Waals surface area contributed by atoms with Crippen LogP contribution in [0.25, 0.3) is 0 Å². The first kappa shape index (κ1) is 50.6. The van der Waals surface area contributed by atoms with Crippen molar-refractivity contribution in [1.82, 2.24) is 0 Å². The molecule has 0 spiro atoms. The van der Waals surface area contributed by atoms with E-state index in [0.29, 0.717) is 0 Å². The largest absolute Gasteiger partial charge is 0.377 e. The maximum atomic E-state index is 11.5. The monoisotopic (exact) mass is 968 g/mol. The Kier molecular flexibility index (Phi) is 16.8. The zero-order valence-electron chi connectivity index (χ0n) is 35.3. The van der Waals surface area contributed by atoms with Gasteiger partial charge in [0.15, 0.2) is 0 Å². The molecule has 0 aliphatic carbocycles. The van der Waals surface area contributed by atoms with Crippen molar-refractivity contribution >= 4 is 91.0 Å². The van der Waals surface area contributed by atoms with Gasteiger partial charge in [-0.15, -0.1) is 0 Å². The van der Waals surface area contributed by atoms with Gasteiger partial charge in [0.1, 0.15) is 22.7 Å². The number of nitro groups is 8. The van der Waals surface area contributed by atoms with Gasteiger partial charge in [0.25, 0.3) is 45.5 Å². The van der Waals surface area contributed by atoms with Crippen LogP contribution in [0, 0.1) is 80.9 Å². The fraction of sp³-hybridized carbons (Fsp3) is 0.100. The Morgan fingerprint density at radius 3 is 0.614 bits per heavy atom. The first-order chi connectivity index (χ1) is 33.3. The maximum Gasteiger partial charge on any atom is 0.299 e. The minimum Gasteiger partial charge on any atom is -0.377 e. The van der Waals surface area contributed by atoms with Gasteiger partial charge < -0.3 is 30.7 Å². The number of anilines is 8. The van der Waals surface area contributed by atoms with Gasteiger partial charge in [-0.25, -0.2) is 0 Å². The molecular formula is C40H32N12O18. The van der Waals surface area contributed by atoms with Gasteiger partial charge >= 0.3 is 0 Å². The van der Waals surface area contributed by atoms with Crippen molar-refractivity contribution in [2.24, 2.45) is 0 Å². The quantitative estimate of drug-likeness (QED) is 0.0517. The Morgan fingerprint density at radius 2 is 0.471 bits per heavy atom. The lowest BCUT2D eigenvalue weighted by Crippen LogP contribution is -2.16. The predicted molar refractivity (Wildman–Crippen MR) is 247 cm³/mol. The van der Waals surface area contributed by atoms with E-state index in [1.807, 2.05) is 0 Å². The van der Waals surface area contributed by atoms with E-state index in [2.05, 4.69) is 21.3 Å². The summed E-state index contributed by atoms with van der Waals surface area (Å²) < 4.78 is 9.89. The summed E-state index contributed by atoms with van der Waals surface area (Å²) >= 11 is 0. The molecule has 1 saturated heterocycles. The molecule has 1 fully saturated rings. The molecule has 0 aromatic heterocycles. The number of non-ortho nitro benzene ring substituents is 4. The highest BCUT2D eigenvalue weighted by molar-refractivity contribution is 5.84. The number of hydrogen-bond donors (Lipinski definition) is 4. The molecule has 1 heterocycles. The molecule has 1 aliphatic rings. The second-order valence-electron chi connectivity index (χ2n) is 13.7. The smallest absolute Gasteiger partial charge is 0.299 e. The van der Waals surface area contributed by atoms with Gasteiger partial charge in [0.2, 0.25) is 0 Å². The molecule has 0 atom stereocenters. The van der Waals surface area contributed by atoms with Crippen LogP contribution in [-0.2, 0) is 9.47 Å². The van der Waals surface area contributed by atoms with Crippen LogP contribution in [0.4, 0.5) is 91.0 Å². The third kappa shape index (κ3) is 13.8. The number of benzene rings is 6. The van der Waals surface area contributed by atoms with Crippen molar-refractivity contribution in [3.8, 4) is 0 Å². The fourth-order valence-electron chi connectivity index (χ4n) is 5.89. The molecule has 7 rings (SSSR count). The third-order valence-corrected chi connectivity index (χ3v) is 9.19. The van der Waals surface area contributed by atoms with E-state index >= 15 is 0 Å². The zero-order valence-corrected chi connectivity index (χ0v) is 35.3. The van der Waals surface area contributed by atoms with Crippen LogP contribution in [0.5, 0.6) is 0 Å². The van der Waals surface area contributed by atoms with Crippen molar-refractivity contribution in [2.45, 2.75) is 0 Å². The minimum atomic E-state index is -0.809. The molecule has 70 heavy (non-hydrogen) atoms. The Balaban J connectivity index is 0.000000232. The summed E-state index contributed by atoms with van der Waals surface area (Å²) in [7, 11) is 0. The Morgan fingerprint density at radius 1 is 0.286 bits per heavy atom. The van der Waals surface area contributed by atoms with Crippen LogP contribution in [0.1, 0.15) is 0 Å². The van der Waals surface area contributed by atoms with Crippen molar-refractivity contribution in [2.75, 3.05) is 47.7 Å². The number of nitrogens with zero attached hydrogens (tertiary/aromatic N) is 8. The topological polar surface area (TPSA) is 412 Å². The SMILES string of the molecule is C1COCCO1.O=[N+]([O-])c1ccc(Nc2cc(Nc3ccc([N+](=O)[O-])cc3)c([N+](=O)[O-])cc2[N+](=O)[O-])cc1.O=[N+]([O-])c1ccc(Nc2cc(Nc3ccc([N+](=O)[O-])cc3)c([N+](=O)[O-])cc2[N+](=O)[O-])cc1. The number of nitro benzene ring substituents is 8. The first-order valence-electron chi connectivity index (χ1n) is 19.5. The van der Waals surface area contributed by atoms with E-state index in [1.54, 1.807) is 0 Å². The highest BCUT2D eigenvalue weighted by Crippen LogP contribution is 2.41. The summed E-state index contributed by atoms with van der Waals surface area (Å²) in [6.07, 6.45) is 0. The number of nitrogens with one attached hydrogen (secondary N) is 4. The van der Waals surface area contributed by atoms with Crippen LogP contribution in [0.2, 0.25) is 0 Å². The highest BCUT2D eigenvalue weighted by atomic mass is 16.7. The molecule has 0 amide bonds. The van der Waals surface area contributed by atoms with Crippen LogP contribution in [-0.4, -0.2) is 65.8 Å². The third-order valence-electron chi connectivity index (χ3n) is 9.19. The van der Waals surface area contributed by atoms with E-state index in [1.165, 1.54) is 97.1 Å². The summed E-state index contributed by atoms with van der Waals surface area (Å²) in [5, 5.41) is 99.9. The molecule has 1 aliphatic heterocycles. The number of rotatable bonds is 16. The first-order valence-corrected chi connectivity index (χ1v) is 19.5. The normalized spacial score (nSPS) is 11.4. The summed E-state index contributed by atoms with van der Waals surface area (Å²) in [6.45, 7) is 3.11. The van der Waals surface area contributed by atoms with E-state index in [4.69, 9.17) is 9.47 Å². The Bertz CT molecular complexity index is 2560. The molecule has 0 radical (unpaired) electrons. The van der Waals surface area contributed by atoms with Gasteiger partial charge in [-0.2, -0.15) is 0 Å². The van der Waals surface area contributed by atoms with Crippen LogP contribution in [0.3, 0.4) is 0 Å². The second kappa shape index (κ2) is 23.2. The summed E-state index contributed by atoms with van der Waals surface area (Å²) in [6, 6.07) is 23.9. The van der Waals surface area contributed by atoms with Gasteiger partial charge in [-0.1, -0.05) is 0 Å². The van der Waals surface area contributed by atoms with Gasteiger partial charge in [-0.05, 0) is 60.7 Å². The molecule has 0 bridgehead atoms. The van der Waals surface area contributed by atoms with Crippen molar-refractivity contribution in [3.63, 3.8) is 0 Å². The van der Waals surface area contributed by atoms with E-state index in [9.17, 15) is 80.9 Å². The zero-order chi connectivity index (χ0) is 51.1. The average Bonchev–Trinajstić information content (AvgIpc) is 3.33. The molecular weight excluding hydrogens is 937 g/mol. The molecule has 4 N–H and O–H groups in total. The van der Waals surface area contributed by atoms with E-state index in [-0.39, 0.29) is 68.2 Å². The maximum absolute atomic E-state index is 11.5. The minimum absolute atomic E-state index is 0.112. The van der Waals surface area contributed by atoms with Crippen LogP contribution < -0.4 is 21.3 Å². The molecule has 0 unspecified atom stereocenters. The van der Waals surface area contributed by atoms with E-state index in [0.717, 1.165) is 50.7 Å². The van der Waals surface area contributed by atoms with Gasteiger partial charge in [0.05, 0.1) is 77.9 Å². The van der Waals surface area contributed by atoms with Gasteiger partial charge in [-0.3, -0.25) is 80.9 Å². The summed E-state index contributed by atoms with van der Waals surface area (Å²) in [5.74, 6) is 0. The molecule has 30 heteroatoms. The molecule has 360 valence electrons. The van der Waals surface area contributed by atoms with Crippen LogP contribution in [0.15, 0.2) is 121 Å². The predicted octanol–water partition coefficient (Wildman–Crippen LogP) is 9.65. The highest BCUT2D eigenvalue weighted by Gasteiger charge is 2.27. The van der Waals surface area contributed by atoms with Crippen LogP contribution >= 0.6 is 0 Å². The van der Waals surface area contributed by atoms with Gasteiger partial charge in [0, 0.05) is 71.3 Å². The number of hydrogen-bond acceptors (Lipinski definition) is 22. The van der Waals surface area contributed by atoms with Crippen molar-refractivity contribution in [1.29, 1.82) is 0 Å². The molecule has 0 saturated carbocycles. The van der Waals surface area contributed by atoms with Crippen molar-refractivity contribution in [3.05, 3.63) is 202 Å². The average molecular weight is 969 g/mol. The molecule has 30 nitrogen and oxygen atoms in total. The standard InChI is InChI=1S/2C18H12N6O8.C4H8O2/c2*25-21(26)13-5-1-11(2-6-13)19-15-9-16(18(24(31)32)10-17(15)23(29)30)20-12-3-7-14(8-4-12)22(27)28;1-2-6-4-3-5-1/h2*1-10,19-20H;1-4H2. The molecule has 6 aromatic carbocycles. The summed E-state index contributed by atoms with van der Waals surface area (Å²) in [4.78, 5) is 83.3. The lowest BCUT2D eigenvalue weighted by molar-refractivity contribution is -0.393.